The molecule has 0 radical (unpaired) electrons. The third-order valence-electron chi connectivity index (χ3n) is 5.30. The number of nitrogens with one attached hydrogen (secondary N) is 1. The monoisotopic (exact) mass is 419 g/mol. The maximum absolute atomic E-state index is 12.6. The molecule has 5 rings (SSSR count). The van der Waals surface area contributed by atoms with Crippen molar-refractivity contribution in [2.45, 2.75) is 5.22 Å². The van der Waals surface area contributed by atoms with E-state index in [4.69, 9.17) is 4.42 Å². The van der Waals surface area contributed by atoms with Crippen molar-refractivity contribution in [2.24, 2.45) is 0 Å². The number of aromatic amines is 1. The van der Waals surface area contributed by atoms with Gasteiger partial charge in [0, 0.05) is 49.0 Å². The summed E-state index contributed by atoms with van der Waals surface area (Å²) < 4.78 is 5.79. The molecule has 1 N–H and O–H groups in total. The summed E-state index contributed by atoms with van der Waals surface area (Å²) in [5.74, 6) is 0.847. The first-order valence-electron chi connectivity index (χ1n) is 9.88. The Morgan fingerprint density at radius 2 is 1.77 bits per heavy atom. The number of thioether (sulfide) groups is 1. The minimum absolute atomic E-state index is 0.0968. The predicted octanol–water partition coefficient (Wildman–Crippen LogP) is 3.66. The van der Waals surface area contributed by atoms with Crippen LogP contribution in [0, 0.1) is 0 Å². The normalized spacial score (nSPS) is 14.4. The highest BCUT2D eigenvalue weighted by Gasteiger charge is 2.22. The Morgan fingerprint density at radius 1 is 1.00 bits per heavy atom. The number of anilines is 1. The second-order valence-corrected chi connectivity index (χ2v) is 8.04. The van der Waals surface area contributed by atoms with Gasteiger partial charge in [-0.1, -0.05) is 48.2 Å². The molecule has 1 aliphatic heterocycles. The van der Waals surface area contributed by atoms with Crippen molar-refractivity contribution in [3.05, 3.63) is 60.8 Å². The zero-order valence-corrected chi connectivity index (χ0v) is 17.1. The lowest BCUT2D eigenvalue weighted by molar-refractivity contribution is -0.128. The standard InChI is InChI=1S/C22H21N5O2S/c28-20(27-12-10-26(11-13-27)16-6-2-1-3-7-16)15-30-22-25-24-21(29-22)18-14-23-19-9-5-4-8-17(18)19/h1-9,14,23H,10-13,15H2. The molecule has 4 aromatic rings. The number of amides is 1. The van der Waals surface area contributed by atoms with E-state index < -0.39 is 0 Å². The molecule has 2 aromatic heterocycles. The molecule has 0 atom stereocenters. The SMILES string of the molecule is O=C(CSc1nnc(-c2c[nH]c3ccccc23)o1)N1CCN(c2ccccc2)CC1. The van der Waals surface area contributed by atoms with Crippen LogP contribution < -0.4 is 4.90 Å². The zero-order valence-electron chi connectivity index (χ0n) is 16.3. The van der Waals surface area contributed by atoms with Crippen LogP contribution in [0.4, 0.5) is 5.69 Å². The lowest BCUT2D eigenvalue weighted by atomic mass is 10.2. The van der Waals surface area contributed by atoms with Gasteiger partial charge in [0.15, 0.2) is 0 Å². The maximum Gasteiger partial charge on any atom is 0.277 e. The van der Waals surface area contributed by atoms with Crippen LogP contribution in [0.1, 0.15) is 0 Å². The van der Waals surface area contributed by atoms with Crippen molar-refractivity contribution < 1.29 is 9.21 Å². The van der Waals surface area contributed by atoms with Crippen LogP contribution >= 0.6 is 11.8 Å². The van der Waals surface area contributed by atoms with Gasteiger partial charge in [0.2, 0.25) is 5.91 Å². The Hall–Kier alpha value is -3.26. The quantitative estimate of drug-likeness (QED) is 0.498. The predicted molar refractivity (Wildman–Crippen MR) is 118 cm³/mol. The van der Waals surface area contributed by atoms with E-state index in [1.807, 2.05) is 53.6 Å². The molecule has 30 heavy (non-hydrogen) atoms. The Kier molecular flexibility index (Phi) is 5.15. The molecule has 3 heterocycles. The summed E-state index contributed by atoms with van der Waals surface area (Å²) in [6, 6.07) is 18.3. The second-order valence-electron chi connectivity index (χ2n) is 7.11. The molecule has 0 saturated carbocycles. The van der Waals surface area contributed by atoms with Crippen molar-refractivity contribution in [1.29, 1.82) is 0 Å². The van der Waals surface area contributed by atoms with E-state index in [9.17, 15) is 4.79 Å². The molecule has 1 aliphatic rings. The van der Waals surface area contributed by atoms with Crippen molar-refractivity contribution in [3.8, 4) is 11.5 Å². The van der Waals surface area contributed by atoms with Gasteiger partial charge in [-0.05, 0) is 18.2 Å². The van der Waals surface area contributed by atoms with E-state index in [2.05, 4.69) is 32.2 Å². The average molecular weight is 420 g/mol. The molecule has 7 nitrogen and oxygen atoms in total. The smallest absolute Gasteiger partial charge is 0.277 e. The molecule has 8 heteroatoms. The summed E-state index contributed by atoms with van der Waals surface area (Å²) in [5, 5.41) is 9.70. The first-order valence-corrected chi connectivity index (χ1v) is 10.9. The van der Waals surface area contributed by atoms with Crippen molar-refractivity contribution >= 4 is 34.3 Å². The number of hydrogen-bond acceptors (Lipinski definition) is 6. The zero-order chi connectivity index (χ0) is 20.3. The molecule has 1 fully saturated rings. The fourth-order valence-corrected chi connectivity index (χ4v) is 4.36. The minimum atomic E-state index is 0.0968. The summed E-state index contributed by atoms with van der Waals surface area (Å²) in [6.07, 6.45) is 1.87. The molecule has 0 aliphatic carbocycles. The van der Waals surface area contributed by atoms with Gasteiger partial charge in [-0.3, -0.25) is 4.79 Å². The summed E-state index contributed by atoms with van der Waals surface area (Å²) in [7, 11) is 0. The van der Waals surface area contributed by atoms with E-state index in [-0.39, 0.29) is 5.91 Å². The number of benzene rings is 2. The number of aromatic nitrogens is 3. The van der Waals surface area contributed by atoms with Crippen molar-refractivity contribution in [3.63, 3.8) is 0 Å². The third kappa shape index (κ3) is 3.78. The molecule has 1 saturated heterocycles. The second kappa shape index (κ2) is 8.23. The van der Waals surface area contributed by atoms with Crippen molar-refractivity contribution in [2.75, 3.05) is 36.8 Å². The van der Waals surface area contributed by atoms with E-state index in [0.717, 1.165) is 42.6 Å². The third-order valence-corrected chi connectivity index (χ3v) is 6.10. The fraction of sp³-hybridized carbons (Fsp3) is 0.227. The van der Waals surface area contributed by atoms with Gasteiger partial charge in [-0.2, -0.15) is 0 Å². The number of nitrogens with zero attached hydrogens (tertiary/aromatic N) is 4. The van der Waals surface area contributed by atoms with Crippen LogP contribution in [0.15, 0.2) is 70.4 Å². The Labute approximate surface area is 178 Å². The fourth-order valence-electron chi connectivity index (χ4n) is 3.69. The Balaban J connectivity index is 1.17. The summed E-state index contributed by atoms with van der Waals surface area (Å²) >= 11 is 1.29. The van der Waals surface area contributed by atoms with Gasteiger partial charge in [0.1, 0.15) is 0 Å². The van der Waals surface area contributed by atoms with Crippen LogP contribution in [0.3, 0.4) is 0 Å². The minimum Gasteiger partial charge on any atom is -0.411 e. The van der Waals surface area contributed by atoms with Gasteiger partial charge in [-0.25, -0.2) is 0 Å². The van der Waals surface area contributed by atoms with Crippen LogP contribution in [0.25, 0.3) is 22.4 Å². The Bertz CT molecular complexity index is 1150. The molecular weight excluding hydrogens is 398 g/mol. The molecule has 0 bridgehead atoms. The molecule has 1 amide bonds. The van der Waals surface area contributed by atoms with Gasteiger partial charge in [-0.15, -0.1) is 10.2 Å². The van der Waals surface area contributed by atoms with E-state index in [1.54, 1.807) is 0 Å². The number of carbonyl (C=O) groups excluding carboxylic acids is 1. The topological polar surface area (TPSA) is 78.3 Å². The number of fused-ring (bicyclic) bond motifs is 1. The molecular formula is C22H21N5O2S. The Morgan fingerprint density at radius 3 is 2.60 bits per heavy atom. The van der Waals surface area contributed by atoms with Crippen LogP contribution in [0.2, 0.25) is 0 Å². The van der Waals surface area contributed by atoms with E-state index >= 15 is 0 Å². The highest BCUT2D eigenvalue weighted by Crippen LogP contribution is 2.29. The highest BCUT2D eigenvalue weighted by molar-refractivity contribution is 7.99. The van der Waals surface area contributed by atoms with Crippen LogP contribution in [-0.2, 0) is 4.79 Å². The molecule has 0 unspecified atom stereocenters. The lowest BCUT2D eigenvalue weighted by Crippen LogP contribution is -2.49. The van der Waals surface area contributed by atoms with E-state index in [1.165, 1.54) is 17.4 Å². The lowest BCUT2D eigenvalue weighted by Gasteiger charge is -2.36. The number of hydrogen-bond donors (Lipinski definition) is 1. The molecule has 152 valence electrons. The highest BCUT2D eigenvalue weighted by atomic mass is 32.2. The van der Waals surface area contributed by atoms with Crippen LogP contribution in [0.5, 0.6) is 0 Å². The molecule has 0 spiro atoms. The number of para-hydroxylation sites is 2. The van der Waals surface area contributed by atoms with Gasteiger partial charge in [0.25, 0.3) is 11.1 Å². The van der Waals surface area contributed by atoms with E-state index in [0.29, 0.717) is 16.9 Å². The average Bonchev–Trinajstić information content (AvgIpc) is 3.45. The number of carbonyl (C=O) groups is 1. The molecule has 2 aromatic carbocycles. The number of H-pyrrole nitrogens is 1. The number of piperazine rings is 1. The number of rotatable bonds is 5. The van der Waals surface area contributed by atoms with Gasteiger partial charge in [0.05, 0.1) is 11.3 Å². The maximum atomic E-state index is 12.6. The first kappa shape index (κ1) is 18.7. The summed E-state index contributed by atoms with van der Waals surface area (Å²) in [5.41, 5.74) is 3.09. The van der Waals surface area contributed by atoms with Crippen molar-refractivity contribution in [1.82, 2.24) is 20.1 Å². The van der Waals surface area contributed by atoms with Crippen LogP contribution in [-0.4, -0.2) is 57.9 Å². The van der Waals surface area contributed by atoms with Gasteiger partial charge < -0.3 is 19.2 Å². The summed E-state index contributed by atoms with van der Waals surface area (Å²) in [6.45, 7) is 3.12. The first-order chi connectivity index (χ1) is 14.8. The van der Waals surface area contributed by atoms with Gasteiger partial charge >= 0.3 is 0 Å². The summed E-state index contributed by atoms with van der Waals surface area (Å²) in [4.78, 5) is 20.0. The largest absolute Gasteiger partial charge is 0.411 e.